The molecular weight excluding hydrogens is 469 g/mol. The van der Waals surface area contributed by atoms with Gasteiger partial charge < -0.3 is 15.5 Å². The highest BCUT2D eigenvalue weighted by Crippen LogP contribution is 2.17. The van der Waals surface area contributed by atoms with Crippen molar-refractivity contribution < 1.29 is 0 Å². The Balaban J connectivity index is 0.00000261. The maximum Gasteiger partial charge on any atom is 0.191 e. The van der Waals surface area contributed by atoms with Crippen molar-refractivity contribution in [1.82, 2.24) is 15.6 Å². The number of aliphatic imine (C=N–C) groups is 1. The Hall–Kier alpha value is -1.35. The molecule has 5 nitrogen and oxygen atoms in total. The van der Waals surface area contributed by atoms with E-state index in [0.717, 1.165) is 43.5 Å². The fraction of sp³-hybridized carbons (Fsp3) is 0.500. The molecule has 27 heavy (non-hydrogen) atoms. The topological polar surface area (TPSA) is 52.6 Å². The lowest BCUT2D eigenvalue weighted by atomic mass is 10.2. The minimum Gasteiger partial charge on any atom is -0.357 e. The number of pyridine rings is 1. The minimum atomic E-state index is 0. The van der Waals surface area contributed by atoms with Crippen LogP contribution in [0.15, 0.2) is 40.8 Å². The van der Waals surface area contributed by atoms with Crippen molar-refractivity contribution in [3.05, 3.63) is 46.3 Å². The average Bonchev–Trinajstić information content (AvgIpc) is 3.05. The molecule has 0 unspecified atom stereocenters. The standard InChI is InChI=1S/C20H29N5S.HI/c1-2-21-20(24-16-18-8-7-13-26-18)23-15-17-9-10-19(22-14-17)25-11-5-3-4-6-12-25;/h7-10,13-14H,2-6,11-12,15-16H2,1H3,(H2,21,23,24);1H. The molecule has 0 spiro atoms. The zero-order chi connectivity index (χ0) is 18.0. The first-order chi connectivity index (χ1) is 12.8. The highest BCUT2D eigenvalue weighted by molar-refractivity contribution is 14.0. The molecule has 3 heterocycles. The summed E-state index contributed by atoms with van der Waals surface area (Å²) in [7, 11) is 0. The first kappa shape index (κ1) is 21.9. The predicted molar refractivity (Wildman–Crippen MR) is 126 cm³/mol. The molecule has 148 valence electrons. The number of rotatable bonds is 6. The maximum absolute atomic E-state index is 4.69. The Morgan fingerprint density at radius 3 is 2.59 bits per heavy atom. The fourth-order valence-corrected chi connectivity index (χ4v) is 3.74. The van der Waals surface area contributed by atoms with Crippen LogP contribution in [0.5, 0.6) is 0 Å². The lowest BCUT2D eigenvalue weighted by molar-refractivity contribution is 0.726. The molecular formula is C20H30IN5S. The number of hydrogen-bond donors (Lipinski definition) is 2. The van der Waals surface area contributed by atoms with E-state index in [1.807, 2.05) is 6.20 Å². The lowest BCUT2D eigenvalue weighted by Gasteiger charge is -2.21. The molecule has 0 bridgehead atoms. The summed E-state index contributed by atoms with van der Waals surface area (Å²) in [6, 6.07) is 8.50. The molecule has 2 aromatic rings. The molecule has 2 N–H and O–H groups in total. The Kier molecular flexibility index (Phi) is 9.90. The van der Waals surface area contributed by atoms with Crippen LogP contribution in [0.1, 0.15) is 43.0 Å². The van der Waals surface area contributed by atoms with Crippen LogP contribution in [0.25, 0.3) is 0 Å². The Labute approximate surface area is 183 Å². The van der Waals surface area contributed by atoms with Crippen molar-refractivity contribution in [2.75, 3.05) is 24.5 Å². The molecule has 7 heteroatoms. The van der Waals surface area contributed by atoms with Crippen LogP contribution in [0, 0.1) is 0 Å². The molecule has 1 aliphatic heterocycles. The summed E-state index contributed by atoms with van der Waals surface area (Å²) >= 11 is 1.75. The van der Waals surface area contributed by atoms with Crippen molar-refractivity contribution in [3.8, 4) is 0 Å². The zero-order valence-corrected chi connectivity index (χ0v) is 19.1. The number of anilines is 1. The molecule has 3 rings (SSSR count). The van der Waals surface area contributed by atoms with Gasteiger partial charge in [-0.1, -0.05) is 25.0 Å². The molecule has 1 fully saturated rings. The third-order valence-corrected chi connectivity index (χ3v) is 5.39. The van der Waals surface area contributed by atoms with Crippen molar-refractivity contribution in [2.45, 2.75) is 45.7 Å². The smallest absolute Gasteiger partial charge is 0.191 e. The highest BCUT2D eigenvalue weighted by atomic mass is 127. The quantitative estimate of drug-likeness (QED) is 0.352. The maximum atomic E-state index is 4.69. The summed E-state index contributed by atoms with van der Waals surface area (Å²) in [4.78, 5) is 13.1. The number of guanidine groups is 1. The lowest BCUT2D eigenvalue weighted by Crippen LogP contribution is -2.36. The number of halogens is 1. The van der Waals surface area contributed by atoms with Gasteiger partial charge in [0.25, 0.3) is 0 Å². The van der Waals surface area contributed by atoms with Crippen LogP contribution < -0.4 is 15.5 Å². The van der Waals surface area contributed by atoms with Crippen LogP contribution in [0.2, 0.25) is 0 Å². The van der Waals surface area contributed by atoms with Crippen molar-refractivity contribution in [2.24, 2.45) is 4.99 Å². The first-order valence-corrected chi connectivity index (χ1v) is 10.5. The van der Waals surface area contributed by atoms with Crippen molar-refractivity contribution in [1.29, 1.82) is 0 Å². The number of hydrogen-bond acceptors (Lipinski definition) is 4. The summed E-state index contributed by atoms with van der Waals surface area (Å²) in [5, 5.41) is 8.78. The molecule has 0 amide bonds. The second-order valence-electron chi connectivity index (χ2n) is 6.55. The second-order valence-corrected chi connectivity index (χ2v) is 7.59. The van der Waals surface area contributed by atoms with E-state index >= 15 is 0 Å². The van der Waals surface area contributed by atoms with Gasteiger partial charge in [-0.2, -0.15) is 0 Å². The van der Waals surface area contributed by atoms with Gasteiger partial charge in [-0.15, -0.1) is 35.3 Å². The molecule has 0 radical (unpaired) electrons. The number of aromatic nitrogens is 1. The second kappa shape index (κ2) is 12.2. The van der Waals surface area contributed by atoms with Gasteiger partial charge in [0.05, 0.1) is 13.1 Å². The van der Waals surface area contributed by atoms with Gasteiger partial charge in [0, 0.05) is 30.7 Å². The minimum absolute atomic E-state index is 0. The largest absolute Gasteiger partial charge is 0.357 e. The number of thiophene rings is 1. The third kappa shape index (κ3) is 7.29. The van der Waals surface area contributed by atoms with E-state index in [1.165, 1.54) is 30.6 Å². The summed E-state index contributed by atoms with van der Waals surface area (Å²) in [5.74, 6) is 1.94. The van der Waals surface area contributed by atoms with Gasteiger partial charge in [0.1, 0.15) is 5.82 Å². The van der Waals surface area contributed by atoms with Gasteiger partial charge in [0.2, 0.25) is 0 Å². The predicted octanol–water partition coefficient (Wildman–Crippen LogP) is 4.40. The monoisotopic (exact) mass is 499 g/mol. The van der Waals surface area contributed by atoms with E-state index in [0.29, 0.717) is 6.54 Å². The summed E-state index contributed by atoms with van der Waals surface area (Å²) in [5.41, 5.74) is 1.14. The van der Waals surface area contributed by atoms with E-state index in [4.69, 9.17) is 0 Å². The molecule has 0 aliphatic carbocycles. The Morgan fingerprint density at radius 1 is 1.15 bits per heavy atom. The molecule has 2 aromatic heterocycles. The van der Waals surface area contributed by atoms with E-state index in [2.05, 4.69) is 62.1 Å². The van der Waals surface area contributed by atoms with Gasteiger partial charge in [0.15, 0.2) is 5.96 Å². The van der Waals surface area contributed by atoms with Crippen LogP contribution in [-0.2, 0) is 13.1 Å². The molecule has 1 aliphatic rings. The van der Waals surface area contributed by atoms with Gasteiger partial charge in [-0.05, 0) is 42.8 Å². The Bertz CT molecular complexity index is 664. The van der Waals surface area contributed by atoms with Crippen LogP contribution in [-0.4, -0.2) is 30.6 Å². The fourth-order valence-electron chi connectivity index (χ4n) is 3.09. The number of nitrogens with zero attached hydrogens (tertiary/aromatic N) is 3. The summed E-state index contributed by atoms with van der Waals surface area (Å²) < 4.78 is 0. The zero-order valence-electron chi connectivity index (χ0n) is 16.0. The molecule has 0 atom stereocenters. The van der Waals surface area contributed by atoms with Gasteiger partial charge in [-0.25, -0.2) is 9.98 Å². The molecule has 0 saturated carbocycles. The van der Waals surface area contributed by atoms with E-state index < -0.39 is 0 Å². The van der Waals surface area contributed by atoms with E-state index in [-0.39, 0.29) is 24.0 Å². The SMILES string of the molecule is CCNC(=NCc1ccc(N2CCCCCC2)nc1)NCc1cccs1.I. The van der Waals surface area contributed by atoms with Gasteiger partial charge in [-0.3, -0.25) is 0 Å². The first-order valence-electron chi connectivity index (χ1n) is 9.59. The van der Waals surface area contributed by atoms with Crippen LogP contribution in [0.4, 0.5) is 5.82 Å². The van der Waals surface area contributed by atoms with E-state index in [1.54, 1.807) is 11.3 Å². The normalized spacial score (nSPS) is 15.0. The van der Waals surface area contributed by atoms with E-state index in [9.17, 15) is 0 Å². The molecule has 1 saturated heterocycles. The van der Waals surface area contributed by atoms with Gasteiger partial charge >= 0.3 is 0 Å². The van der Waals surface area contributed by atoms with Crippen LogP contribution >= 0.6 is 35.3 Å². The highest BCUT2D eigenvalue weighted by Gasteiger charge is 2.10. The summed E-state index contributed by atoms with van der Waals surface area (Å²) in [6.07, 6.45) is 7.20. The average molecular weight is 499 g/mol. The van der Waals surface area contributed by atoms with Crippen LogP contribution in [0.3, 0.4) is 0 Å². The van der Waals surface area contributed by atoms with Crippen molar-refractivity contribution >= 4 is 47.1 Å². The summed E-state index contributed by atoms with van der Waals surface area (Å²) in [6.45, 7) is 6.62. The Morgan fingerprint density at radius 2 is 1.96 bits per heavy atom. The van der Waals surface area contributed by atoms with Crippen molar-refractivity contribution in [3.63, 3.8) is 0 Å². The number of nitrogens with one attached hydrogen (secondary N) is 2. The third-order valence-electron chi connectivity index (χ3n) is 4.51. The molecule has 0 aromatic carbocycles.